The molecule has 0 spiro atoms. The van der Waals surface area contributed by atoms with E-state index in [1.807, 2.05) is 0 Å². The molecule has 0 radical (unpaired) electrons. The summed E-state index contributed by atoms with van der Waals surface area (Å²) in [6.45, 7) is 5.80. The molecule has 24 heavy (non-hydrogen) atoms. The Hall–Kier alpha value is -2.35. The van der Waals surface area contributed by atoms with E-state index < -0.39 is 21.3 Å². The molecule has 0 atom stereocenters. The van der Waals surface area contributed by atoms with Gasteiger partial charge in [-0.2, -0.15) is 0 Å². The van der Waals surface area contributed by atoms with Gasteiger partial charge in [-0.05, 0) is 26.8 Å². The number of nitrogens with zero attached hydrogens (tertiary/aromatic N) is 3. The van der Waals surface area contributed by atoms with Gasteiger partial charge in [0.2, 0.25) is 0 Å². The maximum absolute atomic E-state index is 12.9. The fraction of sp³-hybridized carbons (Fsp3) is 0.375. The first-order valence-corrected chi connectivity index (χ1v) is 9.33. The van der Waals surface area contributed by atoms with E-state index in [1.54, 1.807) is 39.0 Å². The molecule has 0 bridgehead atoms. The molecule has 0 aliphatic carbocycles. The standard InChI is InChI=1S/C16H19N3O4S/c1-4-17-13-11-9-7-8-10-12(11)24(22,23)19(6-3)14(13)15(20)18(5-2)16(17)21/h7-10H,4-6H2,1-3H3. The predicted octanol–water partition coefficient (Wildman–Crippen LogP) is 1.25. The molecule has 3 rings (SSSR count). The van der Waals surface area contributed by atoms with Crippen molar-refractivity contribution in [2.45, 2.75) is 38.8 Å². The summed E-state index contributed by atoms with van der Waals surface area (Å²) in [6.07, 6.45) is 0. The third-order valence-corrected chi connectivity index (χ3v) is 6.22. The minimum atomic E-state index is -3.83. The summed E-state index contributed by atoms with van der Waals surface area (Å²) in [5.74, 6) is 0. The van der Waals surface area contributed by atoms with Crippen molar-refractivity contribution in [3.63, 3.8) is 0 Å². The Morgan fingerprint density at radius 2 is 1.54 bits per heavy atom. The molecule has 8 heteroatoms. The Morgan fingerprint density at radius 1 is 0.917 bits per heavy atom. The normalized spacial score (nSPS) is 15.0. The summed E-state index contributed by atoms with van der Waals surface area (Å²) in [6, 6.07) is 6.48. The molecular formula is C16H19N3O4S. The zero-order valence-electron chi connectivity index (χ0n) is 13.8. The van der Waals surface area contributed by atoms with Gasteiger partial charge in [-0.1, -0.05) is 18.2 Å². The average molecular weight is 349 g/mol. The van der Waals surface area contributed by atoms with Crippen molar-refractivity contribution in [1.82, 2.24) is 9.13 Å². The molecule has 0 saturated heterocycles. The molecule has 128 valence electrons. The number of fused-ring (bicyclic) bond motifs is 3. The van der Waals surface area contributed by atoms with Gasteiger partial charge in [0.1, 0.15) is 5.69 Å². The molecule has 2 aromatic rings. The van der Waals surface area contributed by atoms with Crippen molar-refractivity contribution in [3.8, 4) is 11.3 Å². The highest BCUT2D eigenvalue weighted by molar-refractivity contribution is 7.93. The lowest BCUT2D eigenvalue weighted by atomic mass is 10.1. The second kappa shape index (κ2) is 5.62. The van der Waals surface area contributed by atoms with Gasteiger partial charge in [-0.15, -0.1) is 0 Å². The topological polar surface area (TPSA) is 81.4 Å². The van der Waals surface area contributed by atoms with Crippen LogP contribution in [0.4, 0.5) is 5.69 Å². The number of hydrogen-bond acceptors (Lipinski definition) is 4. The van der Waals surface area contributed by atoms with E-state index in [1.165, 1.54) is 10.6 Å². The average Bonchev–Trinajstić information content (AvgIpc) is 2.56. The fourth-order valence-electron chi connectivity index (χ4n) is 3.21. The molecule has 1 aliphatic rings. The zero-order chi connectivity index (χ0) is 17.6. The number of rotatable bonds is 3. The Bertz CT molecular complexity index is 1030. The van der Waals surface area contributed by atoms with Crippen LogP contribution < -0.4 is 15.6 Å². The second-order valence-electron chi connectivity index (χ2n) is 5.44. The molecule has 0 amide bonds. The predicted molar refractivity (Wildman–Crippen MR) is 92.0 cm³/mol. The quantitative estimate of drug-likeness (QED) is 0.835. The van der Waals surface area contributed by atoms with E-state index >= 15 is 0 Å². The molecule has 7 nitrogen and oxygen atoms in total. The highest BCUT2D eigenvalue weighted by Gasteiger charge is 2.38. The van der Waals surface area contributed by atoms with Crippen LogP contribution in [-0.4, -0.2) is 24.1 Å². The van der Waals surface area contributed by atoms with E-state index in [0.717, 1.165) is 8.87 Å². The molecule has 0 N–H and O–H groups in total. The second-order valence-corrected chi connectivity index (χ2v) is 7.27. The molecule has 0 fully saturated rings. The maximum Gasteiger partial charge on any atom is 0.331 e. The van der Waals surface area contributed by atoms with Crippen molar-refractivity contribution in [1.29, 1.82) is 0 Å². The molecule has 0 unspecified atom stereocenters. The van der Waals surface area contributed by atoms with Crippen LogP contribution in [0.25, 0.3) is 11.3 Å². The van der Waals surface area contributed by atoms with Crippen molar-refractivity contribution >= 4 is 15.7 Å². The fourth-order valence-corrected chi connectivity index (χ4v) is 4.88. The molecule has 0 saturated carbocycles. The first-order valence-electron chi connectivity index (χ1n) is 7.89. The van der Waals surface area contributed by atoms with Crippen LogP contribution in [0.2, 0.25) is 0 Å². The summed E-state index contributed by atoms with van der Waals surface area (Å²) in [7, 11) is -3.83. The number of sulfonamides is 1. The van der Waals surface area contributed by atoms with Crippen LogP contribution in [-0.2, 0) is 23.1 Å². The summed E-state index contributed by atoms with van der Waals surface area (Å²) < 4.78 is 29.5. The van der Waals surface area contributed by atoms with Crippen molar-refractivity contribution in [3.05, 3.63) is 45.1 Å². The lowest BCUT2D eigenvalue weighted by molar-refractivity contribution is 0.575. The third kappa shape index (κ3) is 1.99. The Kier molecular flexibility index (Phi) is 3.87. The van der Waals surface area contributed by atoms with Crippen LogP contribution in [0, 0.1) is 0 Å². The lowest BCUT2D eigenvalue weighted by Crippen LogP contribution is -2.47. The Balaban J connectivity index is 2.62. The van der Waals surface area contributed by atoms with Gasteiger partial charge in [0, 0.05) is 25.2 Å². The molecule has 2 heterocycles. The van der Waals surface area contributed by atoms with Gasteiger partial charge in [0.05, 0.1) is 10.6 Å². The minimum absolute atomic E-state index is 0.0551. The van der Waals surface area contributed by atoms with Crippen LogP contribution in [0.3, 0.4) is 0 Å². The van der Waals surface area contributed by atoms with Gasteiger partial charge in [0.15, 0.2) is 0 Å². The van der Waals surface area contributed by atoms with E-state index in [2.05, 4.69) is 0 Å². The van der Waals surface area contributed by atoms with Gasteiger partial charge in [0.25, 0.3) is 15.6 Å². The minimum Gasteiger partial charge on any atom is -0.291 e. The first-order chi connectivity index (χ1) is 11.4. The summed E-state index contributed by atoms with van der Waals surface area (Å²) in [5.41, 5.74) is -0.156. The molecular weight excluding hydrogens is 330 g/mol. The summed E-state index contributed by atoms with van der Waals surface area (Å²) in [4.78, 5) is 25.6. The zero-order valence-corrected chi connectivity index (χ0v) is 14.6. The van der Waals surface area contributed by atoms with E-state index in [-0.39, 0.29) is 23.7 Å². The maximum atomic E-state index is 12.9. The number of anilines is 1. The van der Waals surface area contributed by atoms with E-state index in [9.17, 15) is 18.0 Å². The lowest BCUT2D eigenvalue weighted by Gasteiger charge is -2.32. The number of aromatic nitrogens is 2. The molecule has 1 aromatic carbocycles. The van der Waals surface area contributed by atoms with Crippen LogP contribution in [0.5, 0.6) is 0 Å². The Labute approximate surface area is 139 Å². The van der Waals surface area contributed by atoms with Gasteiger partial charge >= 0.3 is 5.69 Å². The van der Waals surface area contributed by atoms with Gasteiger partial charge in [-0.25, -0.2) is 13.2 Å². The van der Waals surface area contributed by atoms with E-state index in [0.29, 0.717) is 17.8 Å². The SMILES string of the molecule is CCN1c2c(n(CC)c(=O)n(CC)c2=O)-c2ccccc2S1(=O)=O. The van der Waals surface area contributed by atoms with Crippen LogP contribution in [0.1, 0.15) is 20.8 Å². The highest BCUT2D eigenvalue weighted by Crippen LogP contribution is 2.40. The van der Waals surface area contributed by atoms with Crippen LogP contribution >= 0.6 is 0 Å². The van der Waals surface area contributed by atoms with Gasteiger partial charge in [-0.3, -0.25) is 18.2 Å². The largest absolute Gasteiger partial charge is 0.331 e. The Morgan fingerprint density at radius 3 is 2.12 bits per heavy atom. The van der Waals surface area contributed by atoms with Crippen molar-refractivity contribution < 1.29 is 8.42 Å². The van der Waals surface area contributed by atoms with E-state index in [4.69, 9.17) is 0 Å². The third-order valence-electron chi connectivity index (χ3n) is 4.28. The number of benzene rings is 1. The van der Waals surface area contributed by atoms with Gasteiger partial charge < -0.3 is 0 Å². The summed E-state index contributed by atoms with van der Waals surface area (Å²) >= 11 is 0. The molecule has 1 aromatic heterocycles. The van der Waals surface area contributed by atoms with Crippen molar-refractivity contribution in [2.75, 3.05) is 10.8 Å². The van der Waals surface area contributed by atoms with Crippen LogP contribution in [0.15, 0.2) is 38.8 Å². The smallest absolute Gasteiger partial charge is 0.291 e. The number of hydrogen-bond donors (Lipinski definition) is 0. The van der Waals surface area contributed by atoms with Crippen molar-refractivity contribution in [2.24, 2.45) is 0 Å². The first kappa shape index (κ1) is 16.5. The monoisotopic (exact) mass is 349 g/mol. The molecule has 1 aliphatic heterocycles. The highest BCUT2D eigenvalue weighted by atomic mass is 32.2. The summed E-state index contributed by atoms with van der Waals surface area (Å²) in [5, 5.41) is 0.